The Morgan fingerprint density at radius 1 is 1.00 bits per heavy atom. The van der Waals surface area contributed by atoms with Crippen molar-refractivity contribution >= 4 is 11.6 Å². The van der Waals surface area contributed by atoms with Gasteiger partial charge in [-0.15, -0.1) is 0 Å². The van der Waals surface area contributed by atoms with E-state index in [0.717, 1.165) is 0 Å². The maximum Gasteiger partial charge on any atom is 0.196 e. The molecular formula is C28H34O10. The highest BCUT2D eigenvalue weighted by molar-refractivity contribution is 6.29. The molecule has 0 spiro atoms. The highest BCUT2D eigenvalue weighted by atomic mass is 16.7. The number of aromatic hydroxyl groups is 2. The summed E-state index contributed by atoms with van der Waals surface area (Å²) in [5.41, 5.74) is -2.00. The van der Waals surface area contributed by atoms with Gasteiger partial charge < -0.3 is 39.4 Å². The average molecular weight is 531 g/mol. The minimum Gasteiger partial charge on any atom is -0.507 e. The molecule has 0 radical (unpaired) electrons. The van der Waals surface area contributed by atoms with Gasteiger partial charge in [-0.2, -0.15) is 0 Å². The third kappa shape index (κ3) is 3.41. The molecule has 10 heteroatoms. The fourth-order valence-corrected chi connectivity index (χ4v) is 6.93. The number of Topliss-reactive ketones (excluding diaryl/α,β-unsaturated/α-hetero) is 2. The fraction of sp³-hybridized carbons (Fsp3) is 0.643. The number of ether oxygens (including phenoxy) is 4. The highest BCUT2D eigenvalue weighted by Crippen LogP contribution is 2.60. The van der Waals surface area contributed by atoms with E-state index in [1.807, 2.05) is 6.92 Å². The number of phenolic OH excluding ortho intramolecular Hbond substituents is 2. The first-order valence-electron chi connectivity index (χ1n) is 13.5. The van der Waals surface area contributed by atoms with Gasteiger partial charge in [-0.3, -0.25) is 9.59 Å². The van der Waals surface area contributed by atoms with E-state index in [4.69, 9.17) is 18.9 Å². The van der Waals surface area contributed by atoms with Crippen molar-refractivity contribution in [2.75, 3.05) is 0 Å². The van der Waals surface area contributed by atoms with Crippen LogP contribution < -0.4 is 0 Å². The van der Waals surface area contributed by atoms with E-state index in [9.17, 15) is 30.0 Å². The quantitative estimate of drug-likeness (QED) is 0.429. The van der Waals surface area contributed by atoms with Gasteiger partial charge in [0.25, 0.3) is 0 Å². The number of fused-ring (bicyclic) bond motifs is 3. The average Bonchev–Trinajstić information content (AvgIpc) is 2.87. The van der Waals surface area contributed by atoms with Gasteiger partial charge in [0.05, 0.1) is 53.9 Å². The topological polar surface area (TPSA) is 152 Å². The molecule has 0 amide bonds. The number of hydrogen-bond acceptors (Lipinski definition) is 10. The number of benzene rings is 1. The van der Waals surface area contributed by atoms with Crippen LogP contribution in [0.3, 0.4) is 0 Å². The summed E-state index contributed by atoms with van der Waals surface area (Å²) in [7, 11) is 0. The Bertz CT molecular complexity index is 1250. The van der Waals surface area contributed by atoms with Gasteiger partial charge in [0.1, 0.15) is 17.1 Å². The van der Waals surface area contributed by atoms with Crippen LogP contribution in [0.15, 0.2) is 11.1 Å². The van der Waals surface area contributed by atoms with Crippen LogP contribution in [0.1, 0.15) is 97.7 Å². The second kappa shape index (κ2) is 8.84. The van der Waals surface area contributed by atoms with Crippen LogP contribution in [0.2, 0.25) is 0 Å². The number of carbonyl (C=O) groups excluding carboxylic acids is 2. The van der Waals surface area contributed by atoms with Crippen molar-refractivity contribution in [3.05, 3.63) is 33.4 Å². The van der Waals surface area contributed by atoms with Crippen molar-refractivity contribution in [1.82, 2.24) is 0 Å². The molecule has 9 atom stereocenters. The SMILES string of the molecule is CC[C@H]1CC2=C(C(=O)c3c(O)c4c(c(O)c3C2=O)C2CC(O[C@H]3CC[C@H](O)[C@H](C)O3)C4(O)C(C)O2)[C@H](C)O1. The number of ketones is 2. The van der Waals surface area contributed by atoms with Crippen molar-refractivity contribution in [1.29, 1.82) is 0 Å². The zero-order valence-corrected chi connectivity index (χ0v) is 21.9. The van der Waals surface area contributed by atoms with Crippen molar-refractivity contribution in [2.24, 2.45) is 0 Å². The van der Waals surface area contributed by atoms with Crippen molar-refractivity contribution in [3.63, 3.8) is 0 Å². The zero-order chi connectivity index (χ0) is 27.3. The summed E-state index contributed by atoms with van der Waals surface area (Å²) in [5.74, 6) is -2.12. The second-order valence-corrected chi connectivity index (χ2v) is 11.2. The normalized spacial score (nSPS) is 40.2. The Hall–Kier alpha value is -2.34. The summed E-state index contributed by atoms with van der Waals surface area (Å²) in [5, 5.41) is 45.1. The summed E-state index contributed by atoms with van der Waals surface area (Å²) < 4.78 is 23.9. The van der Waals surface area contributed by atoms with E-state index in [1.54, 1.807) is 20.8 Å². The molecule has 2 bridgehead atoms. The lowest BCUT2D eigenvalue weighted by molar-refractivity contribution is -0.311. The number of phenols is 2. The summed E-state index contributed by atoms with van der Waals surface area (Å²) >= 11 is 0. The molecule has 4 heterocycles. The van der Waals surface area contributed by atoms with Gasteiger partial charge in [0.2, 0.25) is 0 Å². The van der Waals surface area contributed by atoms with Gasteiger partial charge in [0.15, 0.2) is 17.9 Å². The molecule has 2 aliphatic carbocycles. The van der Waals surface area contributed by atoms with Gasteiger partial charge in [0, 0.05) is 41.5 Å². The molecule has 2 saturated heterocycles. The lowest BCUT2D eigenvalue weighted by Gasteiger charge is -2.54. The summed E-state index contributed by atoms with van der Waals surface area (Å²) in [6.07, 6.45) is -3.31. The van der Waals surface area contributed by atoms with Crippen molar-refractivity contribution in [3.8, 4) is 11.5 Å². The Morgan fingerprint density at radius 3 is 2.39 bits per heavy atom. The predicted octanol–water partition coefficient (Wildman–Crippen LogP) is 2.68. The van der Waals surface area contributed by atoms with Crippen LogP contribution in [-0.4, -0.2) is 74.9 Å². The van der Waals surface area contributed by atoms with Gasteiger partial charge in [-0.1, -0.05) is 6.92 Å². The molecular weight excluding hydrogens is 496 g/mol. The summed E-state index contributed by atoms with van der Waals surface area (Å²) in [6, 6.07) is 0. The molecule has 206 valence electrons. The standard InChI is InChI=1S/C28H34O10/c1-5-13-8-14-19(11(3)35-13)25(31)22-21(24(14)30)26(32)20-16-9-17(38-18-7-6-15(29)10(2)36-18)28(34,12(4)37-16)23(20)27(22)33/h10-13,15-18,29,32-34H,5-9H2,1-4H3/t10-,11-,12?,13-,15-,16?,17?,18-,28?/m0/s1. The molecule has 2 fully saturated rings. The van der Waals surface area contributed by atoms with E-state index >= 15 is 0 Å². The molecule has 7 rings (SSSR count). The van der Waals surface area contributed by atoms with E-state index in [-0.39, 0.29) is 46.8 Å². The Labute approximate surface area is 220 Å². The molecule has 0 aromatic heterocycles. The molecule has 1 aromatic carbocycles. The van der Waals surface area contributed by atoms with Crippen LogP contribution in [0.25, 0.3) is 0 Å². The molecule has 4 N–H and O–H groups in total. The molecule has 6 aliphatic rings. The van der Waals surface area contributed by atoms with Crippen LogP contribution >= 0.6 is 0 Å². The Morgan fingerprint density at radius 2 is 1.71 bits per heavy atom. The lowest BCUT2D eigenvalue weighted by Crippen LogP contribution is -2.60. The van der Waals surface area contributed by atoms with Gasteiger partial charge >= 0.3 is 0 Å². The highest BCUT2D eigenvalue weighted by Gasteiger charge is 2.61. The zero-order valence-electron chi connectivity index (χ0n) is 21.9. The third-order valence-corrected chi connectivity index (χ3v) is 9.03. The molecule has 4 unspecified atom stereocenters. The largest absolute Gasteiger partial charge is 0.507 e. The predicted molar refractivity (Wildman–Crippen MR) is 131 cm³/mol. The molecule has 4 aliphatic heterocycles. The Balaban J connectivity index is 1.46. The molecule has 10 nitrogen and oxygen atoms in total. The first-order valence-corrected chi connectivity index (χ1v) is 13.5. The first-order chi connectivity index (χ1) is 18.0. The van der Waals surface area contributed by atoms with Gasteiger partial charge in [-0.25, -0.2) is 0 Å². The van der Waals surface area contributed by atoms with Crippen molar-refractivity contribution in [2.45, 2.75) is 114 Å². The molecule has 0 saturated carbocycles. The molecule has 1 aromatic rings. The summed E-state index contributed by atoms with van der Waals surface area (Å²) in [6.45, 7) is 7.00. The van der Waals surface area contributed by atoms with Crippen LogP contribution in [-0.2, 0) is 24.5 Å². The van der Waals surface area contributed by atoms with E-state index in [0.29, 0.717) is 24.8 Å². The van der Waals surface area contributed by atoms with E-state index in [2.05, 4.69) is 0 Å². The van der Waals surface area contributed by atoms with E-state index < -0.39 is 71.6 Å². The number of aliphatic hydroxyl groups is 2. The third-order valence-electron chi connectivity index (χ3n) is 9.03. The fourth-order valence-electron chi connectivity index (χ4n) is 6.93. The Kier molecular flexibility index (Phi) is 6.03. The summed E-state index contributed by atoms with van der Waals surface area (Å²) in [4.78, 5) is 27.5. The number of hydrogen-bond donors (Lipinski definition) is 4. The minimum atomic E-state index is -1.94. The maximum atomic E-state index is 13.8. The van der Waals surface area contributed by atoms with Crippen LogP contribution in [0.5, 0.6) is 11.5 Å². The molecule has 38 heavy (non-hydrogen) atoms. The number of rotatable bonds is 3. The number of aliphatic hydroxyl groups excluding tert-OH is 1. The van der Waals surface area contributed by atoms with Gasteiger partial charge in [-0.05, 0) is 33.6 Å². The van der Waals surface area contributed by atoms with Crippen LogP contribution in [0, 0.1) is 0 Å². The first kappa shape index (κ1) is 25.9. The maximum absolute atomic E-state index is 13.8. The monoisotopic (exact) mass is 530 g/mol. The van der Waals surface area contributed by atoms with Crippen LogP contribution in [0.4, 0.5) is 0 Å². The van der Waals surface area contributed by atoms with E-state index in [1.165, 1.54) is 0 Å². The minimum absolute atomic E-state index is 0.0568. The van der Waals surface area contributed by atoms with Crippen molar-refractivity contribution < 1.29 is 49.0 Å². The second-order valence-electron chi connectivity index (χ2n) is 11.2. The smallest absolute Gasteiger partial charge is 0.196 e. The number of carbonyl (C=O) groups is 2. The lowest BCUT2D eigenvalue weighted by atomic mass is 9.66.